The summed E-state index contributed by atoms with van der Waals surface area (Å²) >= 11 is 0. The molecule has 1 aliphatic rings. The average Bonchev–Trinajstić information content (AvgIpc) is 2.62. The van der Waals surface area contributed by atoms with Crippen LogP contribution in [-0.2, 0) is 0 Å². The van der Waals surface area contributed by atoms with Gasteiger partial charge >= 0.3 is 0 Å². The van der Waals surface area contributed by atoms with Gasteiger partial charge in [0, 0.05) is 11.5 Å². The number of ether oxygens (including phenoxy) is 1. The zero-order chi connectivity index (χ0) is 10.7. The molecule has 1 aromatic rings. The molecular weight excluding hydrogens is 186 g/mol. The number of fused-ring (bicyclic) bond motifs is 1. The molecular formula is C13H19NO. The fourth-order valence-corrected chi connectivity index (χ4v) is 2.34. The third-order valence-electron chi connectivity index (χ3n) is 3.04. The van der Waals surface area contributed by atoms with Crippen LogP contribution < -0.4 is 10.1 Å². The summed E-state index contributed by atoms with van der Waals surface area (Å²) in [5.41, 5.74) is 1.39. The van der Waals surface area contributed by atoms with Crippen molar-refractivity contribution in [3.63, 3.8) is 0 Å². The Hall–Kier alpha value is -1.02. The van der Waals surface area contributed by atoms with Crippen LogP contribution in [-0.4, -0.2) is 20.2 Å². The molecule has 0 saturated carbocycles. The van der Waals surface area contributed by atoms with Gasteiger partial charge in [0.05, 0.1) is 6.61 Å². The van der Waals surface area contributed by atoms with Crippen molar-refractivity contribution in [2.45, 2.75) is 19.3 Å². The second kappa shape index (κ2) is 4.67. The van der Waals surface area contributed by atoms with Crippen molar-refractivity contribution in [3.05, 3.63) is 29.8 Å². The van der Waals surface area contributed by atoms with Crippen molar-refractivity contribution in [3.8, 4) is 5.75 Å². The first-order chi connectivity index (χ1) is 7.31. The van der Waals surface area contributed by atoms with Gasteiger partial charge in [-0.25, -0.2) is 0 Å². The molecule has 0 aromatic heterocycles. The minimum absolute atomic E-state index is 0.588. The van der Waals surface area contributed by atoms with Gasteiger partial charge in [-0.3, -0.25) is 0 Å². The third kappa shape index (κ3) is 2.32. The fourth-order valence-electron chi connectivity index (χ4n) is 2.34. The largest absolute Gasteiger partial charge is 0.493 e. The van der Waals surface area contributed by atoms with Crippen LogP contribution in [0.15, 0.2) is 24.3 Å². The predicted octanol–water partition coefficient (Wildman–Crippen LogP) is 2.41. The Morgan fingerprint density at radius 3 is 3.07 bits per heavy atom. The SMILES string of the molecule is CNCC(C)CC1COc2ccccc21. The van der Waals surface area contributed by atoms with Crippen LogP contribution >= 0.6 is 0 Å². The van der Waals surface area contributed by atoms with Crippen LogP contribution in [0.1, 0.15) is 24.8 Å². The number of hydrogen-bond donors (Lipinski definition) is 1. The summed E-state index contributed by atoms with van der Waals surface area (Å²) in [7, 11) is 2.01. The highest BCUT2D eigenvalue weighted by Gasteiger charge is 2.24. The first kappa shape index (κ1) is 10.5. The lowest BCUT2D eigenvalue weighted by molar-refractivity contribution is 0.309. The molecule has 82 valence electrons. The van der Waals surface area contributed by atoms with Crippen molar-refractivity contribution in [2.24, 2.45) is 5.92 Å². The zero-order valence-corrected chi connectivity index (χ0v) is 9.49. The van der Waals surface area contributed by atoms with Crippen LogP contribution in [0.5, 0.6) is 5.75 Å². The first-order valence-electron chi connectivity index (χ1n) is 5.67. The van der Waals surface area contributed by atoms with E-state index in [1.54, 1.807) is 0 Å². The summed E-state index contributed by atoms with van der Waals surface area (Å²) in [4.78, 5) is 0. The van der Waals surface area contributed by atoms with E-state index in [0.29, 0.717) is 11.8 Å². The molecule has 0 saturated heterocycles. The highest BCUT2D eigenvalue weighted by molar-refractivity contribution is 5.39. The molecule has 2 heteroatoms. The number of rotatable bonds is 4. The number of benzene rings is 1. The molecule has 0 bridgehead atoms. The monoisotopic (exact) mass is 205 g/mol. The summed E-state index contributed by atoms with van der Waals surface area (Å²) in [5.74, 6) is 2.37. The van der Waals surface area contributed by atoms with Gasteiger partial charge in [0.25, 0.3) is 0 Å². The van der Waals surface area contributed by atoms with Gasteiger partial charge in [0.2, 0.25) is 0 Å². The van der Waals surface area contributed by atoms with Gasteiger partial charge < -0.3 is 10.1 Å². The van der Waals surface area contributed by atoms with Crippen molar-refractivity contribution < 1.29 is 4.74 Å². The van der Waals surface area contributed by atoms with Crippen molar-refractivity contribution in [1.29, 1.82) is 0 Å². The maximum atomic E-state index is 5.67. The molecule has 0 aliphatic carbocycles. The summed E-state index contributed by atoms with van der Waals surface area (Å²) in [6.07, 6.45) is 1.21. The highest BCUT2D eigenvalue weighted by atomic mass is 16.5. The third-order valence-corrected chi connectivity index (χ3v) is 3.04. The molecule has 1 heterocycles. The molecule has 15 heavy (non-hydrogen) atoms. The smallest absolute Gasteiger partial charge is 0.122 e. The summed E-state index contributed by atoms with van der Waals surface area (Å²) in [5, 5.41) is 3.22. The van der Waals surface area contributed by atoms with Gasteiger partial charge in [-0.1, -0.05) is 25.1 Å². The minimum atomic E-state index is 0.588. The van der Waals surface area contributed by atoms with E-state index in [4.69, 9.17) is 4.74 Å². The molecule has 0 amide bonds. The van der Waals surface area contributed by atoms with Crippen molar-refractivity contribution in [2.75, 3.05) is 20.2 Å². The lowest BCUT2D eigenvalue weighted by Crippen LogP contribution is -2.18. The maximum Gasteiger partial charge on any atom is 0.122 e. The van der Waals surface area contributed by atoms with Gasteiger partial charge in [0.1, 0.15) is 5.75 Å². The topological polar surface area (TPSA) is 21.3 Å². The Bertz CT molecular complexity index is 324. The van der Waals surface area contributed by atoms with Crippen molar-refractivity contribution in [1.82, 2.24) is 5.32 Å². The summed E-state index contributed by atoms with van der Waals surface area (Å²) in [6.45, 7) is 4.23. The standard InChI is InChI=1S/C13H19NO/c1-10(8-14-2)7-11-9-15-13-6-4-3-5-12(11)13/h3-6,10-11,14H,7-9H2,1-2H3. The molecule has 1 N–H and O–H groups in total. The van der Waals surface area contributed by atoms with Crippen molar-refractivity contribution >= 4 is 0 Å². The Morgan fingerprint density at radius 1 is 1.47 bits per heavy atom. The maximum absolute atomic E-state index is 5.67. The molecule has 0 radical (unpaired) electrons. The highest BCUT2D eigenvalue weighted by Crippen LogP contribution is 2.36. The van der Waals surface area contributed by atoms with Crippen LogP contribution in [0.25, 0.3) is 0 Å². The lowest BCUT2D eigenvalue weighted by atomic mass is 9.91. The molecule has 2 nitrogen and oxygen atoms in total. The molecule has 2 unspecified atom stereocenters. The Morgan fingerprint density at radius 2 is 2.27 bits per heavy atom. The molecule has 0 fully saturated rings. The Balaban J connectivity index is 2.01. The number of nitrogens with one attached hydrogen (secondary N) is 1. The predicted molar refractivity (Wildman–Crippen MR) is 62.4 cm³/mol. The molecule has 2 rings (SSSR count). The van der Waals surface area contributed by atoms with Gasteiger partial charge in [0.15, 0.2) is 0 Å². The van der Waals surface area contributed by atoms with Crippen LogP contribution in [0, 0.1) is 5.92 Å². The first-order valence-corrected chi connectivity index (χ1v) is 5.67. The number of para-hydroxylation sites is 1. The van der Waals surface area contributed by atoms with E-state index in [1.165, 1.54) is 12.0 Å². The van der Waals surface area contributed by atoms with E-state index in [2.05, 4.69) is 30.4 Å². The second-order valence-electron chi connectivity index (χ2n) is 4.44. The van der Waals surface area contributed by atoms with E-state index >= 15 is 0 Å². The minimum Gasteiger partial charge on any atom is -0.493 e. The molecule has 1 aliphatic heterocycles. The molecule has 2 atom stereocenters. The summed E-state index contributed by atoms with van der Waals surface area (Å²) in [6, 6.07) is 8.40. The van der Waals surface area contributed by atoms with Crippen LogP contribution in [0.3, 0.4) is 0 Å². The van der Waals surface area contributed by atoms with E-state index in [9.17, 15) is 0 Å². The average molecular weight is 205 g/mol. The van der Waals surface area contributed by atoms with E-state index in [-0.39, 0.29) is 0 Å². The van der Waals surface area contributed by atoms with Gasteiger partial charge in [-0.05, 0) is 32.0 Å². The van der Waals surface area contributed by atoms with Crippen LogP contribution in [0.4, 0.5) is 0 Å². The normalized spacial score (nSPS) is 20.8. The lowest BCUT2D eigenvalue weighted by Gasteiger charge is -2.15. The zero-order valence-electron chi connectivity index (χ0n) is 9.49. The molecule has 1 aromatic carbocycles. The van der Waals surface area contributed by atoms with Gasteiger partial charge in [-0.2, -0.15) is 0 Å². The quantitative estimate of drug-likeness (QED) is 0.815. The Labute approximate surface area is 91.6 Å². The molecule has 0 spiro atoms. The number of hydrogen-bond acceptors (Lipinski definition) is 2. The van der Waals surface area contributed by atoms with E-state index in [1.807, 2.05) is 13.1 Å². The van der Waals surface area contributed by atoms with Crippen LogP contribution in [0.2, 0.25) is 0 Å². The Kier molecular flexibility index (Phi) is 3.27. The summed E-state index contributed by atoms with van der Waals surface area (Å²) < 4.78 is 5.67. The van der Waals surface area contributed by atoms with E-state index in [0.717, 1.165) is 18.9 Å². The van der Waals surface area contributed by atoms with E-state index < -0.39 is 0 Å². The fraction of sp³-hybridized carbons (Fsp3) is 0.538. The second-order valence-corrected chi connectivity index (χ2v) is 4.44. The van der Waals surface area contributed by atoms with Gasteiger partial charge in [-0.15, -0.1) is 0 Å².